The van der Waals surface area contributed by atoms with Gasteiger partial charge in [0.25, 0.3) is 0 Å². The number of rotatable bonds is 5. The van der Waals surface area contributed by atoms with E-state index >= 15 is 0 Å². The maximum atomic E-state index is 10.6. The van der Waals surface area contributed by atoms with Crippen molar-refractivity contribution < 1.29 is 9.63 Å². The largest absolute Gasteiger partial charge is 0.391 e. The van der Waals surface area contributed by atoms with Crippen LogP contribution in [0.4, 0.5) is 0 Å². The van der Waals surface area contributed by atoms with Crippen molar-refractivity contribution in [3.63, 3.8) is 0 Å². The highest BCUT2D eigenvalue weighted by molar-refractivity contribution is 5.81. The van der Waals surface area contributed by atoms with Gasteiger partial charge in [0.15, 0.2) is 0 Å². The molecule has 5 nitrogen and oxygen atoms in total. The van der Waals surface area contributed by atoms with Crippen molar-refractivity contribution in [2.45, 2.75) is 38.8 Å². The van der Waals surface area contributed by atoms with Crippen molar-refractivity contribution >= 4 is 10.9 Å². The van der Waals surface area contributed by atoms with Gasteiger partial charge in [0.2, 0.25) is 0 Å². The van der Waals surface area contributed by atoms with E-state index in [1.807, 2.05) is 30.5 Å². The lowest BCUT2D eigenvalue weighted by Gasteiger charge is -2.15. The van der Waals surface area contributed by atoms with Crippen molar-refractivity contribution in [1.29, 1.82) is 0 Å². The van der Waals surface area contributed by atoms with Crippen LogP contribution in [0.15, 0.2) is 47.1 Å². The van der Waals surface area contributed by atoms with Gasteiger partial charge in [0, 0.05) is 49.1 Å². The molecule has 1 N–H and O–H groups in total. The van der Waals surface area contributed by atoms with Gasteiger partial charge in [-0.15, -0.1) is 0 Å². The first-order valence-electron chi connectivity index (χ1n) is 9.28. The Kier molecular flexibility index (Phi) is 4.74. The summed E-state index contributed by atoms with van der Waals surface area (Å²) >= 11 is 0. The molecular formula is C21H25N3O2. The fourth-order valence-corrected chi connectivity index (χ4v) is 3.79. The Labute approximate surface area is 153 Å². The van der Waals surface area contributed by atoms with E-state index in [-0.39, 0.29) is 12.0 Å². The normalized spacial score (nSPS) is 21.1. The summed E-state index contributed by atoms with van der Waals surface area (Å²) in [5, 5.41) is 15.9. The smallest absolute Gasteiger partial charge is 0.139 e. The molecule has 0 aliphatic carbocycles. The predicted molar refractivity (Wildman–Crippen MR) is 101 cm³/mol. The number of likely N-dealkylation sites (tertiary alicyclic amines) is 1. The minimum Gasteiger partial charge on any atom is -0.391 e. The lowest BCUT2D eigenvalue weighted by atomic mass is 9.94. The molecule has 3 heterocycles. The summed E-state index contributed by atoms with van der Waals surface area (Å²) in [5.74, 6) is 1.48. The van der Waals surface area contributed by atoms with E-state index in [4.69, 9.17) is 4.52 Å². The number of aliphatic hydroxyl groups is 1. The Bertz CT molecular complexity index is 884. The molecule has 0 radical (unpaired) electrons. The first-order valence-corrected chi connectivity index (χ1v) is 9.28. The number of aliphatic hydroxyl groups excluding tert-OH is 1. The second-order valence-electron chi connectivity index (χ2n) is 7.59. The van der Waals surface area contributed by atoms with Gasteiger partial charge >= 0.3 is 0 Å². The summed E-state index contributed by atoms with van der Waals surface area (Å²) < 4.78 is 5.39. The number of hydrogen-bond acceptors (Lipinski definition) is 5. The predicted octanol–water partition coefficient (Wildman–Crippen LogP) is 3.38. The second-order valence-corrected chi connectivity index (χ2v) is 7.59. The Morgan fingerprint density at radius 1 is 1.23 bits per heavy atom. The molecule has 5 heteroatoms. The zero-order valence-electron chi connectivity index (χ0n) is 15.3. The minimum atomic E-state index is -0.321. The van der Waals surface area contributed by atoms with Gasteiger partial charge in [-0.2, -0.15) is 0 Å². The third kappa shape index (κ3) is 3.50. The SMILES string of the molecule is CC(C)c1cc(CN2C[C@@H](Cc3ccnc4ccccc34)[C@@H](O)C2)no1. The lowest BCUT2D eigenvalue weighted by Crippen LogP contribution is -2.21. The van der Waals surface area contributed by atoms with Crippen LogP contribution in [0.25, 0.3) is 10.9 Å². The zero-order valence-corrected chi connectivity index (χ0v) is 15.3. The molecule has 136 valence electrons. The summed E-state index contributed by atoms with van der Waals surface area (Å²) in [4.78, 5) is 6.70. The van der Waals surface area contributed by atoms with E-state index in [9.17, 15) is 5.11 Å². The van der Waals surface area contributed by atoms with E-state index < -0.39 is 0 Å². The maximum Gasteiger partial charge on any atom is 0.139 e. The number of para-hydroxylation sites is 1. The van der Waals surface area contributed by atoms with E-state index in [0.717, 1.165) is 36.5 Å². The van der Waals surface area contributed by atoms with Gasteiger partial charge in [0.1, 0.15) is 5.76 Å². The minimum absolute atomic E-state index is 0.220. The Balaban J connectivity index is 1.45. The average molecular weight is 351 g/mol. The average Bonchev–Trinajstić information content (AvgIpc) is 3.23. The number of benzene rings is 1. The molecule has 0 spiro atoms. The highest BCUT2D eigenvalue weighted by atomic mass is 16.5. The number of pyridine rings is 1. The highest BCUT2D eigenvalue weighted by Crippen LogP contribution is 2.26. The third-order valence-electron chi connectivity index (χ3n) is 5.24. The van der Waals surface area contributed by atoms with E-state index in [2.05, 4.69) is 41.0 Å². The topological polar surface area (TPSA) is 62.4 Å². The molecule has 2 aromatic heterocycles. The highest BCUT2D eigenvalue weighted by Gasteiger charge is 2.32. The van der Waals surface area contributed by atoms with Crippen LogP contribution in [-0.4, -0.2) is 39.3 Å². The number of β-amino-alcohol motifs (C(OH)–C–C–N with tert-alkyl or cyclic N) is 1. The van der Waals surface area contributed by atoms with Crippen LogP contribution in [0.1, 0.15) is 36.8 Å². The number of nitrogens with zero attached hydrogens (tertiary/aromatic N) is 3. The maximum absolute atomic E-state index is 10.6. The first kappa shape index (κ1) is 17.2. The van der Waals surface area contributed by atoms with Crippen molar-refractivity contribution in [3.05, 3.63) is 59.6 Å². The number of hydrogen-bond donors (Lipinski definition) is 1. The first-order chi connectivity index (χ1) is 12.6. The van der Waals surface area contributed by atoms with Crippen LogP contribution in [-0.2, 0) is 13.0 Å². The van der Waals surface area contributed by atoms with Crippen molar-refractivity contribution in [3.8, 4) is 0 Å². The molecule has 3 aromatic rings. The fourth-order valence-electron chi connectivity index (χ4n) is 3.79. The Hall–Kier alpha value is -2.24. The standard InChI is InChI=1S/C21H25N3O2/c1-14(2)21-10-17(23-26-21)12-24-11-16(20(25)13-24)9-15-7-8-22-19-6-4-3-5-18(15)19/h3-8,10,14,16,20,25H,9,11-13H2,1-2H3/t16-,20+/m1/s1. The second kappa shape index (κ2) is 7.17. The monoisotopic (exact) mass is 351 g/mol. The van der Waals surface area contributed by atoms with Gasteiger partial charge < -0.3 is 9.63 Å². The van der Waals surface area contributed by atoms with Crippen LogP contribution in [0, 0.1) is 5.92 Å². The van der Waals surface area contributed by atoms with E-state index in [1.165, 1.54) is 10.9 Å². The molecule has 0 amide bonds. The van der Waals surface area contributed by atoms with Crippen molar-refractivity contribution in [2.24, 2.45) is 5.92 Å². The summed E-state index contributed by atoms with van der Waals surface area (Å²) in [7, 11) is 0. The van der Waals surface area contributed by atoms with Crippen molar-refractivity contribution in [2.75, 3.05) is 13.1 Å². The molecule has 1 saturated heterocycles. The Morgan fingerprint density at radius 2 is 2.08 bits per heavy atom. The van der Waals surface area contributed by atoms with Gasteiger partial charge in [0.05, 0.1) is 17.3 Å². The number of fused-ring (bicyclic) bond motifs is 1. The van der Waals surface area contributed by atoms with Crippen LogP contribution in [0.2, 0.25) is 0 Å². The zero-order chi connectivity index (χ0) is 18.1. The summed E-state index contributed by atoms with van der Waals surface area (Å²) in [6.07, 6.45) is 2.40. The van der Waals surface area contributed by atoms with Crippen LogP contribution in [0.5, 0.6) is 0 Å². The van der Waals surface area contributed by atoms with Crippen LogP contribution < -0.4 is 0 Å². The molecule has 26 heavy (non-hydrogen) atoms. The van der Waals surface area contributed by atoms with E-state index in [1.54, 1.807) is 0 Å². The van der Waals surface area contributed by atoms with Crippen molar-refractivity contribution in [1.82, 2.24) is 15.0 Å². The molecule has 4 rings (SSSR count). The van der Waals surface area contributed by atoms with Crippen LogP contribution in [0.3, 0.4) is 0 Å². The quantitative estimate of drug-likeness (QED) is 0.763. The van der Waals surface area contributed by atoms with Gasteiger partial charge in [-0.25, -0.2) is 0 Å². The molecule has 1 aliphatic rings. The molecule has 1 fully saturated rings. The Morgan fingerprint density at radius 3 is 2.88 bits per heavy atom. The molecule has 0 saturated carbocycles. The van der Waals surface area contributed by atoms with Gasteiger partial charge in [-0.1, -0.05) is 37.2 Å². The summed E-state index contributed by atoms with van der Waals surface area (Å²) in [5.41, 5.74) is 3.21. The number of aromatic nitrogens is 2. The molecule has 1 aliphatic heterocycles. The molecule has 1 aromatic carbocycles. The summed E-state index contributed by atoms with van der Waals surface area (Å²) in [6, 6.07) is 12.3. The lowest BCUT2D eigenvalue weighted by molar-refractivity contribution is 0.141. The molecule has 2 atom stereocenters. The summed E-state index contributed by atoms with van der Waals surface area (Å²) in [6.45, 7) is 6.46. The third-order valence-corrected chi connectivity index (χ3v) is 5.24. The van der Waals surface area contributed by atoms with E-state index in [0.29, 0.717) is 12.5 Å². The molecule has 0 unspecified atom stereocenters. The fraction of sp³-hybridized carbons (Fsp3) is 0.429. The molecule has 0 bridgehead atoms. The van der Waals surface area contributed by atoms with Gasteiger partial charge in [-0.05, 0) is 24.1 Å². The van der Waals surface area contributed by atoms with Gasteiger partial charge in [-0.3, -0.25) is 9.88 Å². The molecular weight excluding hydrogens is 326 g/mol. The van der Waals surface area contributed by atoms with Crippen LogP contribution >= 0.6 is 0 Å².